The van der Waals surface area contributed by atoms with Crippen molar-refractivity contribution >= 4 is 6.03 Å². The second kappa shape index (κ2) is 5.70. The van der Waals surface area contributed by atoms with Crippen molar-refractivity contribution in [3.05, 3.63) is 18.2 Å². The van der Waals surface area contributed by atoms with Gasteiger partial charge in [-0.2, -0.15) is 0 Å². The van der Waals surface area contributed by atoms with Gasteiger partial charge in [-0.3, -0.25) is 0 Å². The van der Waals surface area contributed by atoms with Crippen LogP contribution in [0.3, 0.4) is 0 Å². The lowest BCUT2D eigenvalue weighted by Crippen LogP contribution is -2.45. The zero-order chi connectivity index (χ0) is 12.1. The molecule has 1 unspecified atom stereocenters. The molecule has 94 valence electrons. The van der Waals surface area contributed by atoms with Crippen LogP contribution in [-0.2, 0) is 6.42 Å². The molecule has 1 saturated heterocycles. The van der Waals surface area contributed by atoms with Crippen LogP contribution in [0, 0.1) is 5.92 Å². The molecule has 1 aromatic rings. The molecule has 1 aliphatic rings. The van der Waals surface area contributed by atoms with Gasteiger partial charge in [0.05, 0.1) is 0 Å². The van der Waals surface area contributed by atoms with E-state index in [9.17, 15) is 4.79 Å². The van der Waals surface area contributed by atoms with Crippen LogP contribution in [0.5, 0.6) is 0 Å². The second-order valence-corrected chi connectivity index (χ2v) is 4.71. The van der Waals surface area contributed by atoms with Crippen LogP contribution in [0.1, 0.15) is 25.6 Å². The van der Waals surface area contributed by atoms with Crippen LogP contribution in [0.25, 0.3) is 0 Å². The van der Waals surface area contributed by atoms with Gasteiger partial charge in [0.25, 0.3) is 0 Å². The molecule has 0 spiro atoms. The number of carbonyl (C=O) groups is 1. The maximum Gasteiger partial charge on any atom is 0.317 e. The van der Waals surface area contributed by atoms with Crippen molar-refractivity contribution in [2.45, 2.75) is 26.2 Å². The molecule has 2 N–H and O–H groups in total. The second-order valence-electron chi connectivity index (χ2n) is 4.71. The van der Waals surface area contributed by atoms with E-state index < -0.39 is 0 Å². The summed E-state index contributed by atoms with van der Waals surface area (Å²) in [7, 11) is 0. The normalized spacial score (nSPS) is 20.3. The van der Waals surface area contributed by atoms with Crippen molar-refractivity contribution in [2.24, 2.45) is 5.92 Å². The first-order chi connectivity index (χ1) is 8.25. The molecule has 0 aromatic carbocycles. The van der Waals surface area contributed by atoms with Gasteiger partial charge < -0.3 is 15.2 Å². The standard InChI is InChI=1S/C12H20N4O/c1-10-3-2-8-16(9-10)12(17)15-5-4-11-13-6-7-14-11/h6-7,10H,2-5,8-9H2,1H3,(H,13,14)(H,15,17). The summed E-state index contributed by atoms with van der Waals surface area (Å²) in [6.07, 6.45) is 6.62. The van der Waals surface area contributed by atoms with Crippen LogP contribution in [0.15, 0.2) is 12.4 Å². The molecule has 0 bridgehead atoms. The molecule has 5 heteroatoms. The SMILES string of the molecule is CC1CCCN(C(=O)NCCc2ncc[nH]2)C1. The van der Waals surface area contributed by atoms with E-state index in [-0.39, 0.29) is 6.03 Å². The lowest BCUT2D eigenvalue weighted by atomic mass is 10.0. The van der Waals surface area contributed by atoms with Gasteiger partial charge >= 0.3 is 6.03 Å². The Labute approximate surface area is 102 Å². The van der Waals surface area contributed by atoms with Crippen molar-refractivity contribution in [1.82, 2.24) is 20.2 Å². The van der Waals surface area contributed by atoms with Crippen LogP contribution in [-0.4, -0.2) is 40.5 Å². The largest absolute Gasteiger partial charge is 0.349 e. The van der Waals surface area contributed by atoms with Crippen LogP contribution in [0.2, 0.25) is 0 Å². The third-order valence-electron chi connectivity index (χ3n) is 3.14. The van der Waals surface area contributed by atoms with Crippen molar-refractivity contribution in [2.75, 3.05) is 19.6 Å². The van der Waals surface area contributed by atoms with Crippen molar-refractivity contribution in [1.29, 1.82) is 0 Å². The molecule has 17 heavy (non-hydrogen) atoms. The topological polar surface area (TPSA) is 61.0 Å². The molecule has 0 radical (unpaired) electrons. The minimum atomic E-state index is 0.0584. The van der Waals surface area contributed by atoms with E-state index in [1.54, 1.807) is 12.4 Å². The van der Waals surface area contributed by atoms with Gasteiger partial charge in [-0.1, -0.05) is 6.92 Å². The Morgan fingerprint density at radius 1 is 1.71 bits per heavy atom. The number of hydrogen-bond acceptors (Lipinski definition) is 2. The van der Waals surface area contributed by atoms with Gasteiger partial charge in [-0.15, -0.1) is 0 Å². The quantitative estimate of drug-likeness (QED) is 0.833. The third kappa shape index (κ3) is 3.47. The average molecular weight is 236 g/mol. The van der Waals surface area contributed by atoms with Gasteiger partial charge in [-0.05, 0) is 18.8 Å². The monoisotopic (exact) mass is 236 g/mol. The van der Waals surface area contributed by atoms with E-state index in [1.165, 1.54) is 6.42 Å². The average Bonchev–Trinajstić information content (AvgIpc) is 2.82. The van der Waals surface area contributed by atoms with Gasteiger partial charge in [-0.25, -0.2) is 9.78 Å². The zero-order valence-corrected chi connectivity index (χ0v) is 10.3. The zero-order valence-electron chi connectivity index (χ0n) is 10.3. The lowest BCUT2D eigenvalue weighted by molar-refractivity contribution is 0.170. The maximum absolute atomic E-state index is 11.9. The summed E-state index contributed by atoms with van der Waals surface area (Å²) in [6, 6.07) is 0.0584. The number of likely N-dealkylation sites (tertiary alicyclic amines) is 1. The molecule has 5 nitrogen and oxygen atoms in total. The first-order valence-electron chi connectivity index (χ1n) is 6.26. The number of urea groups is 1. The highest BCUT2D eigenvalue weighted by Gasteiger charge is 2.20. The summed E-state index contributed by atoms with van der Waals surface area (Å²) in [4.78, 5) is 20.9. The number of aromatic nitrogens is 2. The maximum atomic E-state index is 11.9. The van der Waals surface area contributed by atoms with E-state index in [0.717, 1.165) is 31.8 Å². The summed E-state index contributed by atoms with van der Waals surface area (Å²) >= 11 is 0. The number of piperidine rings is 1. The van der Waals surface area contributed by atoms with Gasteiger partial charge in [0.1, 0.15) is 5.82 Å². The van der Waals surface area contributed by atoms with Gasteiger partial charge in [0.15, 0.2) is 0 Å². The number of H-pyrrole nitrogens is 1. The number of hydrogen-bond donors (Lipinski definition) is 2. The van der Waals surface area contributed by atoms with Crippen molar-refractivity contribution in [3.63, 3.8) is 0 Å². The first kappa shape index (κ1) is 12.0. The number of nitrogens with one attached hydrogen (secondary N) is 2. The molecule has 1 aromatic heterocycles. The number of rotatable bonds is 3. The predicted molar refractivity (Wildman–Crippen MR) is 65.7 cm³/mol. The van der Waals surface area contributed by atoms with Crippen molar-refractivity contribution < 1.29 is 4.79 Å². The van der Waals surface area contributed by atoms with E-state index >= 15 is 0 Å². The molecule has 1 fully saturated rings. The highest BCUT2D eigenvalue weighted by atomic mass is 16.2. The van der Waals surface area contributed by atoms with E-state index in [4.69, 9.17) is 0 Å². The van der Waals surface area contributed by atoms with Crippen LogP contribution in [0.4, 0.5) is 4.79 Å². The van der Waals surface area contributed by atoms with Gasteiger partial charge in [0, 0.05) is 38.4 Å². The molecule has 2 amide bonds. The Kier molecular flexibility index (Phi) is 4.01. The van der Waals surface area contributed by atoms with E-state index in [2.05, 4.69) is 22.2 Å². The Hall–Kier alpha value is -1.52. The molecular formula is C12H20N4O. The molecular weight excluding hydrogens is 216 g/mol. The Morgan fingerprint density at radius 2 is 2.59 bits per heavy atom. The van der Waals surface area contributed by atoms with E-state index in [0.29, 0.717) is 12.5 Å². The summed E-state index contributed by atoms with van der Waals surface area (Å²) in [5.74, 6) is 1.54. The number of carbonyl (C=O) groups excluding carboxylic acids is 1. The summed E-state index contributed by atoms with van der Waals surface area (Å²) in [5.41, 5.74) is 0. The fraction of sp³-hybridized carbons (Fsp3) is 0.667. The molecule has 1 aliphatic heterocycles. The Morgan fingerprint density at radius 3 is 3.29 bits per heavy atom. The fourth-order valence-electron chi connectivity index (χ4n) is 2.21. The minimum absolute atomic E-state index is 0.0584. The van der Waals surface area contributed by atoms with Crippen LogP contribution >= 0.6 is 0 Å². The highest BCUT2D eigenvalue weighted by molar-refractivity contribution is 5.74. The van der Waals surface area contributed by atoms with Crippen LogP contribution < -0.4 is 5.32 Å². The molecule has 2 rings (SSSR count). The Balaban J connectivity index is 1.70. The highest BCUT2D eigenvalue weighted by Crippen LogP contribution is 2.15. The summed E-state index contributed by atoms with van der Waals surface area (Å²) in [6.45, 7) is 4.60. The first-order valence-corrected chi connectivity index (χ1v) is 6.26. The summed E-state index contributed by atoms with van der Waals surface area (Å²) in [5, 5.41) is 2.94. The number of nitrogens with zero attached hydrogens (tertiary/aromatic N) is 2. The predicted octanol–water partition coefficient (Wildman–Crippen LogP) is 1.39. The Bertz CT molecular complexity index is 349. The number of amides is 2. The smallest absolute Gasteiger partial charge is 0.317 e. The minimum Gasteiger partial charge on any atom is -0.349 e. The molecule has 0 aliphatic carbocycles. The van der Waals surface area contributed by atoms with Crippen molar-refractivity contribution in [3.8, 4) is 0 Å². The van der Waals surface area contributed by atoms with Gasteiger partial charge in [0.2, 0.25) is 0 Å². The summed E-state index contributed by atoms with van der Waals surface area (Å²) < 4.78 is 0. The number of aromatic amines is 1. The van der Waals surface area contributed by atoms with E-state index in [1.807, 2.05) is 4.90 Å². The fourth-order valence-corrected chi connectivity index (χ4v) is 2.21. The molecule has 1 atom stereocenters. The number of imidazole rings is 1. The molecule has 0 saturated carbocycles. The lowest BCUT2D eigenvalue weighted by Gasteiger charge is -2.30. The molecule has 2 heterocycles. The third-order valence-corrected chi connectivity index (χ3v) is 3.14.